The predicted molar refractivity (Wildman–Crippen MR) is 107 cm³/mol. The van der Waals surface area contributed by atoms with E-state index in [4.69, 9.17) is 5.11 Å². The molecule has 1 aliphatic heterocycles. The maximum atomic E-state index is 12.8. The van der Waals surface area contributed by atoms with Gasteiger partial charge < -0.3 is 10.0 Å². The van der Waals surface area contributed by atoms with Gasteiger partial charge in [-0.25, -0.2) is 4.09 Å². The molecule has 5 nitrogen and oxygen atoms in total. The summed E-state index contributed by atoms with van der Waals surface area (Å²) >= 11 is 0.832. The van der Waals surface area contributed by atoms with E-state index in [1.165, 1.54) is 4.09 Å². The summed E-state index contributed by atoms with van der Waals surface area (Å²) in [6.07, 6.45) is -1.61. The van der Waals surface area contributed by atoms with Crippen LogP contribution in [0.25, 0.3) is 0 Å². The summed E-state index contributed by atoms with van der Waals surface area (Å²) in [6.45, 7) is 4.84. The summed E-state index contributed by atoms with van der Waals surface area (Å²) in [7, 11) is 0. The molecule has 29 heavy (non-hydrogen) atoms. The van der Waals surface area contributed by atoms with Crippen molar-refractivity contribution in [2.24, 2.45) is 0 Å². The lowest BCUT2D eigenvalue weighted by molar-refractivity contribution is -0.132. The first-order valence-electron chi connectivity index (χ1n) is 8.81. The van der Waals surface area contributed by atoms with Crippen molar-refractivity contribution in [2.75, 3.05) is 6.61 Å². The maximum Gasteiger partial charge on any atom is 0.413 e. The lowest BCUT2D eigenvalue weighted by Crippen LogP contribution is -2.26. The Morgan fingerprint density at radius 1 is 1.24 bits per heavy atom. The van der Waals surface area contributed by atoms with Crippen LogP contribution in [0.5, 0.6) is 0 Å². The first kappa shape index (κ1) is 22.8. The standard InChI is InChI=1S/C14H16F3N3O2S.C6H6/c1-3-12(9(2)14(15,16)17)23-20-7-10-6-19(8-11(10)18-20)13(22)4-5-21;1-2-4-6-5-3-1/h3,7,21H,1,4-6,8H2,2H3;1-6H/b12-9-;. The third-order valence-electron chi connectivity index (χ3n) is 4.08. The number of nitrogens with zero attached hydrogens (tertiary/aromatic N) is 3. The van der Waals surface area contributed by atoms with Crippen molar-refractivity contribution >= 4 is 17.9 Å². The summed E-state index contributed by atoms with van der Waals surface area (Å²) in [4.78, 5) is 13.2. The van der Waals surface area contributed by atoms with Gasteiger partial charge in [-0.3, -0.25) is 4.79 Å². The number of carbonyl (C=O) groups is 1. The summed E-state index contributed by atoms with van der Waals surface area (Å²) < 4.78 is 39.6. The van der Waals surface area contributed by atoms with Gasteiger partial charge in [0.2, 0.25) is 5.91 Å². The zero-order chi connectivity index (χ0) is 21.4. The van der Waals surface area contributed by atoms with Gasteiger partial charge in [0.1, 0.15) is 0 Å². The Morgan fingerprint density at radius 3 is 2.28 bits per heavy atom. The van der Waals surface area contributed by atoms with Gasteiger partial charge in [0, 0.05) is 47.2 Å². The fraction of sp³-hybridized carbons (Fsp3) is 0.300. The van der Waals surface area contributed by atoms with Crippen LogP contribution in [0.2, 0.25) is 0 Å². The van der Waals surface area contributed by atoms with Gasteiger partial charge in [0.25, 0.3) is 0 Å². The number of fused-ring (bicyclic) bond motifs is 1. The molecule has 1 N–H and O–H groups in total. The number of hydrogen-bond acceptors (Lipinski definition) is 4. The Morgan fingerprint density at radius 2 is 1.83 bits per heavy atom. The number of alkyl halides is 3. The number of benzene rings is 1. The number of allylic oxidation sites excluding steroid dienone is 2. The van der Waals surface area contributed by atoms with Crippen LogP contribution in [0, 0.1) is 0 Å². The van der Waals surface area contributed by atoms with Gasteiger partial charge in [0.05, 0.1) is 18.8 Å². The fourth-order valence-corrected chi connectivity index (χ4v) is 3.34. The largest absolute Gasteiger partial charge is 0.413 e. The third kappa shape index (κ3) is 6.50. The monoisotopic (exact) mass is 425 g/mol. The van der Waals surface area contributed by atoms with Gasteiger partial charge in [-0.15, -0.1) is 0 Å². The van der Waals surface area contributed by atoms with Crippen LogP contribution in [0.4, 0.5) is 13.2 Å². The van der Waals surface area contributed by atoms with E-state index in [1.807, 2.05) is 36.4 Å². The van der Waals surface area contributed by atoms with Crippen molar-refractivity contribution in [1.29, 1.82) is 0 Å². The minimum Gasteiger partial charge on any atom is -0.396 e. The summed E-state index contributed by atoms with van der Waals surface area (Å²) in [5.41, 5.74) is 0.710. The van der Waals surface area contributed by atoms with E-state index in [1.54, 1.807) is 11.1 Å². The highest BCUT2D eigenvalue weighted by Gasteiger charge is 2.33. The van der Waals surface area contributed by atoms with E-state index in [0.29, 0.717) is 18.8 Å². The van der Waals surface area contributed by atoms with Crippen molar-refractivity contribution in [1.82, 2.24) is 14.1 Å². The molecule has 1 aromatic carbocycles. The molecule has 1 amide bonds. The van der Waals surface area contributed by atoms with Crippen molar-refractivity contribution in [3.8, 4) is 0 Å². The number of aliphatic hydroxyl groups excluding tert-OH is 1. The molecule has 0 saturated carbocycles. The van der Waals surface area contributed by atoms with Crippen LogP contribution in [0.15, 0.2) is 65.7 Å². The Labute approximate surface area is 171 Å². The minimum atomic E-state index is -4.42. The Hall–Kier alpha value is -2.52. The highest BCUT2D eigenvalue weighted by Crippen LogP contribution is 2.34. The molecule has 1 aliphatic rings. The van der Waals surface area contributed by atoms with Crippen LogP contribution in [0.3, 0.4) is 0 Å². The molecule has 1 aromatic heterocycles. The zero-order valence-electron chi connectivity index (χ0n) is 15.9. The second-order valence-corrected chi connectivity index (χ2v) is 7.16. The van der Waals surface area contributed by atoms with Crippen LogP contribution in [0.1, 0.15) is 24.6 Å². The highest BCUT2D eigenvalue weighted by atomic mass is 32.2. The predicted octanol–water partition coefficient (Wildman–Crippen LogP) is 4.31. The van der Waals surface area contributed by atoms with Gasteiger partial charge in [-0.2, -0.15) is 18.3 Å². The normalized spacial score (nSPS) is 13.9. The molecule has 0 bridgehead atoms. The zero-order valence-corrected chi connectivity index (χ0v) is 16.7. The lowest BCUT2D eigenvalue weighted by Gasteiger charge is -2.15. The van der Waals surface area contributed by atoms with Gasteiger partial charge in [-0.05, 0) is 6.92 Å². The van der Waals surface area contributed by atoms with E-state index < -0.39 is 11.7 Å². The second-order valence-electron chi connectivity index (χ2n) is 6.16. The number of aromatic nitrogens is 2. The number of aliphatic hydroxyl groups is 1. The first-order valence-corrected chi connectivity index (χ1v) is 9.58. The van der Waals surface area contributed by atoms with Crippen molar-refractivity contribution in [3.05, 3.63) is 77.0 Å². The molecule has 0 spiro atoms. The van der Waals surface area contributed by atoms with Crippen molar-refractivity contribution in [2.45, 2.75) is 32.6 Å². The van der Waals surface area contributed by atoms with Crippen LogP contribution in [-0.4, -0.2) is 37.9 Å². The number of amides is 1. The third-order valence-corrected chi connectivity index (χ3v) is 5.12. The summed E-state index contributed by atoms with van der Waals surface area (Å²) in [5, 5.41) is 13.0. The molecule has 0 unspecified atom stereocenters. The number of carbonyl (C=O) groups excluding carboxylic acids is 1. The molecule has 156 valence electrons. The second kappa shape index (κ2) is 10.3. The van der Waals surface area contributed by atoms with Gasteiger partial charge in [-0.1, -0.05) is 49.1 Å². The lowest BCUT2D eigenvalue weighted by atomic mass is 10.3. The van der Waals surface area contributed by atoms with Crippen LogP contribution in [-0.2, 0) is 17.9 Å². The van der Waals surface area contributed by atoms with E-state index in [2.05, 4.69) is 11.7 Å². The Bertz CT molecular complexity index is 813. The fourth-order valence-electron chi connectivity index (χ4n) is 2.49. The molecular formula is C20H22F3N3O2S. The van der Waals surface area contributed by atoms with Crippen molar-refractivity contribution in [3.63, 3.8) is 0 Å². The molecule has 0 saturated heterocycles. The first-order chi connectivity index (χ1) is 13.8. The molecule has 0 atom stereocenters. The van der Waals surface area contributed by atoms with E-state index in [0.717, 1.165) is 30.5 Å². The quantitative estimate of drug-likeness (QED) is 0.726. The molecule has 2 heterocycles. The molecule has 9 heteroatoms. The van der Waals surface area contributed by atoms with Gasteiger partial charge >= 0.3 is 6.18 Å². The maximum absolute atomic E-state index is 12.8. The Balaban J connectivity index is 0.000000426. The summed E-state index contributed by atoms with van der Waals surface area (Å²) in [5.74, 6) is -0.177. The molecule has 0 radical (unpaired) electrons. The topological polar surface area (TPSA) is 58.4 Å². The molecule has 2 aromatic rings. The molecular weight excluding hydrogens is 403 g/mol. The minimum absolute atomic E-state index is 0.0214. The van der Waals surface area contributed by atoms with Crippen LogP contribution >= 0.6 is 11.9 Å². The number of halogens is 3. The Kier molecular flexibility index (Phi) is 8.10. The smallest absolute Gasteiger partial charge is 0.396 e. The number of rotatable bonds is 5. The molecule has 3 rings (SSSR count). The van der Waals surface area contributed by atoms with Crippen LogP contribution < -0.4 is 0 Å². The van der Waals surface area contributed by atoms with E-state index in [9.17, 15) is 18.0 Å². The van der Waals surface area contributed by atoms with E-state index >= 15 is 0 Å². The average molecular weight is 425 g/mol. The molecule has 0 fully saturated rings. The highest BCUT2D eigenvalue weighted by molar-refractivity contribution is 8.01. The number of hydrogen-bond donors (Lipinski definition) is 1. The molecule has 0 aliphatic carbocycles. The average Bonchev–Trinajstić information content (AvgIpc) is 3.25. The van der Waals surface area contributed by atoms with Crippen molar-refractivity contribution < 1.29 is 23.1 Å². The SMILES string of the molecule is C=C/C(Sn1cc2c(n1)CN(C(=O)CCO)C2)=C(\C)C(F)(F)F.c1ccccc1. The van der Waals surface area contributed by atoms with Gasteiger partial charge in [0.15, 0.2) is 0 Å². The summed E-state index contributed by atoms with van der Waals surface area (Å²) in [6, 6.07) is 12.0. The van der Waals surface area contributed by atoms with E-state index in [-0.39, 0.29) is 23.8 Å².